The molecule has 1 amide bonds. The standard InChI is InChI=1S/C14H17NO2/c1-9(2)10-5-6-11-8-13(14(16)15(3)4)17-12(11)7-10/h5-9H,1-4H3. The first-order valence-corrected chi connectivity index (χ1v) is 5.74. The van der Waals surface area contributed by atoms with E-state index in [1.54, 1.807) is 20.2 Å². The largest absolute Gasteiger partial charge is 0.451 e. The van der Waals surface area contributed by atoms with E-state index in [-0.39, 0.29) is 5.91 Å². The highest BCUT2D eigenvalue weighted by molar-refractivity contribution is 5.95. The molecule has 0 aliphatic carbocycles. The quantitative estimate of drug-likeness (QED) is 0.794. The molecule has 1 aromatic heterocycles. The topological polar surface area (TPSA) is 33.5 Å². The van der Waals surface area contributed by atoms with E-state index in [0.29, 0.717) is 11.7 Å². The van der Waals surface area contributed by atoms with Crippen LogP contribution in [0.1, 0.15) is 35.9 Å². The summed E-state index contributed by atoms with van der Waals surface area (Å²) in [6.07, 6.45) is 0. The van der Waals surface area contributed by atoms with Crippen molar-refractivity contribution in [3.63, 3.8) is 0 Å². The van der Waals surface area contributed by atoms with Crippen molar-refractivity contribution >= 4 is 16.9 Å². The van der Waals surface area contributed by atoms with Crippen LogP contribution in [0.15, 0.2) is 28.7 Å². The lowest BCUT2D eigenvalue weighted by Crippen LogP contribution is -2.20. The van der Waals surface area contributed by atoms with Crippen LogP contribution in [0.5, 0.6) is 0 Å². The van der Waals surface area contributed by atoms with E-state index in [9.17, 15) is 4.79 Å². The maximum Gasteiger partial charge on any atom is 0.289 e. The minimum absolute atomic E-state index is 0.104. The van der Waals surface area contributed by atoms with Crippen LogP contribution in [-0.2, 0) is 0 Å². The van der Waals surface area contributed by atoms with Crippen LogP contribution < -0.4 is 0 Å². The molecule has 2 rings (SSSR count). The SMILES string of the molecule is CC(C)c1ccc2cc(C(=O)N(C)C)oc2c1. The highest BCUT2D eigenvalue weighted by Gasteiger charge is 2.14. The number of rotatable bonds is 2. The number of carbonyl (C=O) groups is 1. The first-order chi connectivity index (χ1) is 7.99. The van der Waals surface area contributed by atoms with Crippen LogP contribution in [0.4, 0.5) is 0 Å². The number of furan rings is 1. The average Bonchev–Trinajstić information content (AvgIpc) is 2.69. The number of nitrogens with zero attached hydrogens (tertiary/aromatic N) is 1. The zero-order chi connectivity index (χ0) is 12.6. The zero-order valence-corrected chi connectivity index (χ0v) is 10.7. The second-order valence-corrected chi connectivity index (χ2v) is 4.76. The fraction of sp³-hybridized carbons (Fsp3) is 0.357. The third-order valence-electron chi connectivity index (χ3n) is 2.83. The molecule has 0 unspecified atom stereocenters. The molecular weight excluding hydrogens is 214 g/mol. The molecule has 0 aliphatic heterocycles. The Bertz CT molecular complexity index is 552. The van der Waals surface area contributed by atoms with Crippen LogP contribution in [-0.4, -0.2) is 24.9 Å². The fourth-order valence-electron chi connectivity index (χ4n) is 1.73. The van der Waals surface area contributed by atoms with Gasteiger partial charge in [-0.25, -0.2) is 0 Å². The van der Waals surface area contributed by atoms with E-state index in [1.807, 2.05) is 12.1 Å². The second kappa shape index (κ2) is 4.24. The molecule has 90 valence electrons. The van der Waals surface area contributed by atoms with Crippen molar-refractivity contribution in [3.8, 4) is 0 Å². The van der Waals surface area contributed by atoms with Crippen LogP contribution in [0.25, 0.3) is 11.0 Å². The van der Waals surface area contributed by atoms with Crippen LogP contribution in [0.3, 0.4) is 0 Å². The summed E-state index contributed by atoms with van der Waals surface area (Å²) < 4.78 is 5.59. The third kappa shape index (κ3) is 2.18. The van der Waals surface area contributed by atoms with E-state index in [4.69, 9.17) is 4.42 Å². The summed E-state index contributed by atoms with van der Waals surface area (Å²) in [6, 6.07) is 7.88. The van der Waals surface area contributed by atoms with Crippen molar-refractivity contribution in [2.75, 3.05) is 14.1 Å². The molecule has 0 saturated carbocycles. The molecule has 0 N–H and O–H groups in total. The van der Waals surface area contributed by atoms with Crippen molar-refractivity contribution in [3.05, 3.63) is 35.6 Å². The summed E-state index contributed by atoms with van der Waals surface area (Å²) >= 11 is 0. The molecule has 0 bridgehead atoms. The molecule has 0 aliphatic rings. The fourth-order valence-corrected chi connectivity index (χ4v) is 1.73. The van der Waals surface area contributed by atoms with Crippen LogP contribution >= 0.6 is 0 Å². The van der Waals surface area contributed by atoms with Gasteiger partial charge in [-0.05, 0) is 23.6 Å². The molecule has 17 heavy (non-hydrogen) atoms. The van der Waals surface area contributed by atoms with Crippen LogP contribution in [0.2, 0.25) is 0 Å². The maximum absolute atomic E-state index is 11.8. The van der Waals surface area contributed by atoms with Gasteiger partial charge in [0.05, 0.1) is 0 Å². The molecule has 1 heterocycles. The summed E-state index contributed by atoms with van der Waals surface area (Å²) in [5, 5.41) is 0.972. The van der Waals surface area contributed by atoms with Crippen molar-refractivity contribution in [1.29, 1.82) is 0 Å². The molecule has 0 atom stereocenters. The lowest BCUT2D eigenvalue weighted by molar-refractivity contribution is 0.0799. The van der Waals surface area contributed by atoms with Gasteiger partial charge < -0.3 is 9.32 Å². The molecule has 1 aromatic carbocycles. The van der Waals surface area contributed by atoms with Crippen molar-refractivity contribution in [2.45, 2.75) is 19.8 Å². The molecule has 0 saturated heterocycles. The Hall–Kier alpha value is -1.77. The normalized spacial score (nSPS) is 11.1. The van der Waals surface area contributed by atoms with Gasteiger partial charge in [0, 0.05) is 19.5 Å². The Kier molecular flexibility index (Phi) is 2.92. The summed E-state index contributed by atoms with van der Waals surface area (Å²) in [5.41, 5.74) is 2.00. The van der Waals surface area contributed by atoms with Crippen molar-refractivity contribution < 1.29 is 9.21 Å². The first kappa shape index (κ1) is 11.7. The third-order valence-corrected chi connectivity index (χ3v) is 2.83. The van der Waals surface area contributed by atoms with Crippen LogP contribution in [0, 0.1) is 0 Å². The van der Waals surface area contributed by atoms with Gasteiger partial charge in [0.25, 0.3) is 5.91 Å². The molecular formula is C14H17NO2. The number of carbonyl (C=O) groups excluding carboxylic acids is 1. The minimum atomic E-state index is -0.104. The minimum Gasteiger partial charge on any atom is -0.451 e. The van der Waals surface area contributed by atoms with Gasteiger partial charge in [-0.3, -0.25) is 4.79 Å². The number of fused-ring (bicyclic) bond motifs is 1. The zero-order valence-electron chi connectivity index (χ0n) is 10.7. The van der Waals surface area contributed by atoms with E-state index >= 15 is 0 Å². The molecule has 3 heteroatoms. The summed E-state index contributed by atoms with van der Waals surface area (Å²) in [4.78, 5) is 13.3. The van der Waals surface area contributed by atoms with E-state index < -0.39 is 0 Å². The van der Waals surface area contributed by atoms with Gasteiger partial charge in [0.2, 0.25) is 0 Å². The molecule has 2 aromatic rings. The Labute approximate surface area is 101 Å². The highest BCUT2D eigenvalue weighted by atomic mass is 16.3. The van der Waals surface area contributed by atoms with Gasteiger partial charge in [0.1, 0.15) is 5.58 Å². The lowest BCUT2D eigenvalue weighted by atomic mass is 10.0. The van der Waals surface area contributed by atoms with E-state index in [0.717, 1.165) is 11.0 Å². The van der Waals surface area contributed by atoms with Gasteiger partial charge in [0.15, 0.2) is 5.76 Å². The Morgan fingerprint density at radius 2 is 1.94 bits per heavy atom. The van der Waals surface area contributed by atoms with Crippen molar-refractivity contribution in [2.24, 2.45) is 0 Å². The van der Waals surface area contributed by atoms with Gasteiger partial charge in [-0.15, -0.1) is 0 Å². The second-order valence-electron chi connectivity index (χ2n) is 4.76. The smallest absolute Gasteiger partial charge is 0.289 e. The number of hydrogen-bond donors (Lipinski definition) is 0. The van der Waals surface area contributed by atoms with Gasteiger partial charge in [-0.2, -0.15) is 0 Å². The summed E-state index contributed by atoms with van der Waals surface area (Å²) in [7, 11) is 3.43. The molecule has 0 spiro atoms. The first-order valence-electron chi connectivity index (χ1n) is 5.74. The Morgan fingerprint density at radius 1 is 1.24 bits per heavy atom. The summed E-state index contributed by atoms with van der Waals surface area (Å²) in [5.74, 6) is 0.746. The average molecular weight is 231 g/mol. The number of benzene rings is 1. The van der Waals surface area contributed by atoms with Gasteiger partial charge in [-0.1, -0.05) is 26.0 Å². The maximum atomic E-state index is 11.8. The van der Waals surface area contributed by atoms with Gasteiger partial charge >= 0.3 is 0 Å². The predicted octanol–water partition coefficient (Wildman–Crippen LogP) is 3.26. The van der Waals surface area contributed by atoms with Crippen molar-refractivity contribution in [1.82, 2.24) is 4.90 Å². The Balaban J connectivity index is 2.47. The van der Waals surface area contributed by atoms with E-state index in [2.05, 4.69) is 19.9 Å². The molecule has 3 nitrogen and oxygen atoms in total. The molecule has 0 radical (unpaired) electrons. The summed E-state index contributed by atoms with van der Waals surface area (Å²) in [6.45, 7) is 4.27. The predicted molar refractivity (Wildman–Crippen MR) is 68.3 cm³/mol. The monoisotopic (exact) mass is 231 g/mol. The lowest BCUT2D eigenvalue weighted by Gasteiger charge is -2.06. The van der Waals surface area contributed by atoms with E-state index in [1.165, 1.54) is 10.5 Å². The number of amides is 1. The number of hydrogen-bond acceptors (Lipinski definition) is 2. The highest BCUT2D eigenvalue weighted by Crippen LogP contribution is 2.24. The Morgan fingerprint density at radius 3 is 2.53 bits per heavy atom. The molecule has 0 fully saturated rings.